The van der Waals surface area contributed by atoms with E-state index in [4.69, 9.17) is 13.9 Å². The van der Waals surface area contributed by atoms with Crippen molar-refractivity contribution in [2.45, 2.75) is 85.4 Å². The number of hydrogen-bond donors (Lipinski definition) is 1. The van der Waals surface area contributed by atoms with Crippen LogP contribution in [-0.2, 0) is 20.5 Å². The lowest BCUT2D eigenvalue weighted by molar-refractivity contribution is -0.384. The highest BCUT2D eigenvalue weighted by atomic mass is 28.3. The van der Waals surface area contributed by atoms with Crippen LogP contribution >= 0.6 is 0 Å². The zero-order valence-electron chi connectivity index (χ0n) is 22.8. The molecule has 0 unspecified atom stereocenters. The molecule has 1 aliphatic rings. The fraction of sp³-hybridized carbons (Fsp3) is 0.680. The number of ether oxygens (including phenoxy) is 2. The first-order valence-corrected chi connectivity index (χ1v) is 15.1. The molecule has 0 aromatic heterocycles. The van der Waals surface area contributed by atoms with E-state index < -0.39 is 37.5 Å². The van der Waals surface area contributed by atoms with Gasteiger partial charge in [-0.2, -0.15) is 0 Å². The van der Waals surface area contributed by atoms with Gasteiger partial charge in [-0.25, -0.2) is 9.59 Å². The van der Waals surface area contributed by atoms with Gasteiger partial charge in [0.25, 0.3) is 5.69 Å². The molecule has 1 heterocycles. The third-order valence-corrected chi connectivity index (χ3v) is 6.97. The van der Waals surface area contributed by atoms with E-state index in [0.29, 0.717) is 24.9 Å². The normalized spacial score (nSPS) is 20.4. The van der Waals surface area contributed by atoms with Crippen molar-refractivity contribution in [1.82, 2.24) is 10.2 Å². The van der Waals surface area contributed by atoms with Crippen LogP contribution in [0.5, 0.6) is 0 Å². The lowest BCUT2D eigenvalue weighted by Crippen LogP contribution is -2.54. The van der Waals surface area contributed by atoms with Crippen LogP contribution in [0.2, 0.25) is 13.1 Å². The first-order chi connectivity index (χ1) is 16.5. The molecule has 10 nitrogen and oxygen atoms in total. The number of non-ortho nitro benzene ring substituents is 1. The number of rotatable bonds is 8. The Labute approximate surface area is 215 Å². The molecule has 0 radical (unpaired) electrons. The van der Waals surface area contributed by atoms with Gasteiger partial charge < -0.3 is 19.2 Å². The number of alkyl carbamates (subject to hydrolysis) is 1. The standard InChI is InChI=1S/C25H41N3O7Si/c1-23(2,3)19-15-25(35-36(7)8,27(16-19)22(30)34-24(4,5)6)13-14-26-21(29)33-17-18-9-11-20(12-10-18)28(31)32/h9-12,19,36H,13-17H2,1-8H3,(H,26,29)/t19-,25-/m0/s1. The van der Waals surface area contributed by atoms with Gasteiger partial charge in [-0.1, -0.05) is 20.8 Å². The van der Waals surface area contributed by atoms with Crippen molar-refractivity contribution in [1.29, 1.82) is 0 Å². The molecule has 0 spiro atoms. The van der Waals surface area contributed by atoms with Crippen molar-refractivity contribution in [2.24, 2.45) is 11.3 Å². The summed E-state index contributed by atoms with van der Waals surface area (Å²) in [6, 6.07) is 5.83. The molecule has 1 fully saturated rings. The van der Waals surface area contributed by atoms with Crippen molar-refractivity contribution in [3.05, 3.63) is 39.9 Å². The van der Waals surface area contributed by atoms with Gasteiger partial charge in [-0.15, -0.1) is 0 Å². The second kappa shape index (κ2) is 11.6. The third kappa shape index (κ3) is 8.47. The number of carbonyl (C=O) groups is 2. The molecular weight excluding hydrogens is 482 g/mol. The number of benzene rings is 1. The summed E-state index contributed by atoms with van der Waals surface area (Å²) in [7, 11) is -1.58. The molecule has 2 amide bonds. The van der Waals surface area contributed by atoms with Gasteiger partial charge in [-0.05, 0) is 69.3 Å². The molecule has 0 bridgehead atoms. The van der Waals surface area contributed by atoms with E-state index in [2.05, 4.69) is 39.2 Å². The summed E-state index contributed by atoms with van der Waals surface area (Å²) in [6.07, 6.45) is 0.0287. The minimum atomic E-state index is -1.58. The maximum Gasteiger partial charge on any atom is 0.412 e. The molecule has 0 aliphatic carbocycles. The summed E-state index contributed by atoms with van der Waals surface area (Å²) in [6.45, 7) is 16.8. The van der Waals surface area contributed by atoms with Gasteiger partial charge in [0.1, 0.15) is 17.9 Å². The summed E-state index contributed by atoms with van der Waals surface area (Å²) >= 11 is 0. The molecule has 202 valence electrons. The number of nitrogens with zero attached hydrogens (tertiary/aromatic N) is 2. The second-order valence-corrected chi connectivity index (χ2v) is 14.0. The molecular formula is C25H41N3O7Si. The maximum atomic E-state index is 13.2. The molecule has 1 aromatic rings. The molecule has 2 rings (SSSR count). The quantitative estimate of drug-likeness (QED) is 0.282. The average molecular weight is 524 g/mol. The summed E-state index contributed by atoms with van der Waals surface area (Å²) < 4.78 is 17.5. The third-order valence-electron chi connectivity index (χ3n) is 6.06. The molecule has 1 aromatic carbocycles. The number of nitrogens with one attached hydrogen (secondary N) is 1. The SMILES string of the molecule is C[SiH](C)O[C@@]1(CCNC(=O)OCc2ccc([N+](=O)[O-])cc2)C[C@H](C(C)(C)C)CN1C(=O)OC(C)(C)C. The molecule has 1 saturated heterocycles. The van der Waals surface area contributed by atoms with E-state index in [9.17, 15) is 19.7 Å². The molecule has 1 aliphatic heterocycles. The minimum absolute atomic E-state index is 0.0134. The van der Waals surface area contributed by atoms with E-state index in [0.717, 1.165) is 0 Å². The zero-order chi connectivity index (χ0) is 27.3. The van der Waals surface area contributed by atoms with E-state index in [-0.39, 0.29) is 30.2 Å². The molecule has 1 N–H and O–H groups in total. The van der Waals surface area contributed by atoms with Crippen molar-refractivity contribution in [2.75, 3.05) is 13.1 Å². The van der Waals surface area contributed by atoms with Gasteiger partial charge >= 0.3 is 12.2 Å². The highest BCUT2D eigenvalue weighted by Crippen LogP contribution is 2.45. The molecule has 0 saturated carbocycles. The molecule has 36 heavy (non-hydrogen) atoms. The lowest BCUT2D eigenvalue weighted by Gasteiger charge is -2.40. The van der Waals surface area contributed by atoms with E-state index in [1.807, 2.05) is 20.8 Å². The fourth-order valence-corrected chi connectivity index (χ4v) is 5.42. The lowest BCUT2D eigenvalue weighted by atomic mass is 9.78. The Morgan fingerprint density at radius 2 is 1.78 bits per heavy atom. The Morgan fingerprint density at radius 1 is 1.17 bits per heavy atom. The first-order valence-electron chi connectivity index (χ1n) is 12.3. The number of likely N-dealkylation sites (tertiary alicyclic amines) is 1. The maximum absolute atomic E-state index is 13.2. The Balaban J connectivity index is 2.08. The smallest absolute Gasteiger partial charge is 0.412 e. The van der Waals surface area contributed by atoms with Gasteiger partial charge in [0, 0.05) is 31.6 Å². The minimum Gasteiger partial charge on any atom is -0.445 e. The van der Waals surface area contributed by atoms with Crippen LogP contribution in [0, 0.1) is 21.4 Å². The van der Waals surface area contributed by atoms with Crippen LogP contribution in [-0.4, -0.2) is 55.5 Å². The summed E-state index contributed by atoms with van der Waals surface area (Å²) in [5, 5.41) is 13.5. The Morgan fingerprint density at radius 3 is 2.28 bits per heavy atom. The van der Waals surface area contributed by atoms with Gasteiger partial charge in [-0.3, -0.25) is 15.0 Å². The van der Waals surface area contributed by atoms with Crippen LogP contribution in [0.4, 0.5) is 15.3 Å². The van der Waals surface area contributed by atoms with E-state index in [1.165, 1.54) is 12.1 Å². The second-order valence-electron chi connectivity index (χ2n) is 11.6. The van der Waals surface area contributed by atoms with Crippen molar-refractivity contribution in [3.63, 3.8) is 0 Å². The van der Waals surface area contributed by atoms with E-state index >= 15 is 0 Å². The monoisotopic (exact) mass is 523 g/mol. The predicted molar refractivity (Wildman–Crippen MR) is 139 cm³/mol. The fourth-order valence-electron chi connectivity index (χ4n) is 4.20. The topological polar surface area (TPSA) is 120 Å². The first kappa shape index (κ1) is 29.6. The van der Waals surface area contributed by atoms with Crippen LogP contribution in [0.3, 0.4) is 0 Å². The Kier molecular flexibility index (Phi) is 9.52. The number of amides is 2. The zero-order valence-corrected chi connectivity index (χ0v) is 23.9. The van der Waals surface area contributed by atoms with Gasteiger partial charge in [0.05, 0.1) is 4.92 Å². The van der Waals surface area contributed by atoms with E-state index in [1.54, 1.807) is 17.0 Å². The number of nitro groups is 1. The van der Waals surface area contributed by atoms with Gasteiger partial charge in [0.2, 0.25) is 0 Å². The van der Waals surface area contributed by atoms with Crippen molar-refractivity contribution < 1.29 is 28.4 Å². The largest absolute Gasteiger partial charge is 0.445 e. The van der Waals surface area contributed by atoms with Crippen LogP contribution in [0.25, 0.3) is 0 Å². The summed E-state index contributed by atoms with van der Waals surface area (Å²) in [5.41, 5.74) is -0.936. The highest BCUT2D eigenvalue weighted by Gasteiger charge is 2.52. The Hall–Kier alpha value is -2.66. The average Bonchev–Trinajstić information content (AvgIpc) is 3.10. The molecule has 11 heteroatoms. The Bertz CT molecular complexity index is 925. The molecule has 2 atom stereocenters. The van der Waals surface area contributed by atoms with Crippen LogP contribution in [0.1, 0.15) is 59.9 Å². The van der Waals surface area contributed by atoms with Crippen molar-refractivity contribution >= 4 is 26.9 Å². The number of carbonyl (C=O) groups excluding carboxylic acids is 2. The van der Waals surface area contributed by atoms with Crippen LogP contribution in [0.15, 0.2) is 24.3 Å². The van der Waals surface area contributed by atoms with Crippen LogP contribution < -0.4 is 5.32 Å². The van der Waals surface area contributed by atoms with Crippen molar-refractivity contribution in [3.8, 4) is 0 Å². The number of nitro benzene ring substituents is 1. The summed E-state index contributed by atoms with van der Waals surface area (Å²) in [5.74, 6) is 0.201. The summed E-state index contributed by atoms with van der Waals surface area (Å²) in [4.78, 5) is 37.6. The highest BCUT2D eigenvalue weighted by molar-refractivity contribution is 6.48. The predicted octanol–water partition coefficient (Wildman–Crippen LogP) is 5.21. The van der Waals surface area contributed by atoms with Gasteiger partial charge in [0.15, 0.2) is 9.04 Å². The number of hydrogen-bond acceptors (Lipinski definition) is 7.